The third-order valence-corrected chi connectivity index (χ3v) is 3.20. The van der Waals surface area contributed by atoms with Crippen molar-refractivity contribution in [3.05, 3.63) is 24.0 Å². The Morgan fingerprint density at radius 3 is 2.76 bits per heavy atom. The maximum atomic E-state index is 13.9. The van der Waals surface area contributed by atoms with Crippen molar-refractivity contribution in [1.82, 2.24) is 5.32 Å². The Hall–Kier alpha value is -1.33. The number of hydrogen-bond donors (Lipinski definition) is 2. The lowest BCUT2D eigenvalue weighted by Gasteiger charge is -2.22. The minimum atomic E-state index is -0.479. The first-order valence-corrected chi connectivity index (χ1v) is 7.06. The molecule has 1 saturated heterocycles. The molecule has 4 nitrogen and oxygen atoms in total. The van der Waals surface area contributed by atoms with Crippen molar-refractivity contribution in [3.8, 4) is 5.75 Å². The molecule has 1 aliphatic heterocycles. The zero-order valence-corrected chi connectivity index (χ0v) is 13.1. The van der Waals surface area contributed by atoms with Gasteiger partial charge < -0.3 is 15.4 Å². The first-order chi connectivity index (χ1) is 9.56. The van der Waals surface area contributed by atoms with E-state index in [1.54, 1.807) is 6.07 Å². The number of hydrogen-bond acceptors (Lipinski definition) is 3. The lowest BCUT2D eigenvalue weighted by atomic mass is 10.0. The van der Waals surface area contributed by atoms with Crippen LogP contribution in [0.25, 0.3) is 0 Å². The molecule has 21 heavy (non-hydrogen) atoms. The molecular weight excluding hydrogens is 295 g/mol. The minimum absolute atomic E-state index is 0. The number of amides is 1. The second kappa shape index (κ2) is 8.20. The molecule has 1 unspecified atom stereocenters. The smallest absolute Gasteiger partial charge is 0.241 e. The van der Waals surface area contributed by atoms with Crippen molar-refractivity contribution in [2.75, 3.05) is 11.9 Å². The van der Waals surface area contributed by atoms with Gasteiger partial charge in [0.1, 0.15) is 11.6 Å². The zero-order valence-electron chi connectivity index (χ0n) is 12.3. The fraction of sp³-hybridized carbons (Fsp3) is 0.533. The summed E-state index contributed by atoms with van der Waals surface area (Å²) in [5.41, 5.74) is 0.193. The SMILES string of the molecule is CC(C)Oc1ccc(NC(=O)C2CCCCN2)c(F)c1.Cl. The van der Waals surface area contributed by atoms with Gasteiger partial charge in [0.05, 0.1) is 17.8 Å². The van der Waals surface area contributed by atoms with Crippen molar-refractivity contribution in [2.24, 2.45) is 0 Å². The normalized spacial score (nSPS) is 18.0. The molecule has 2 rings (SSSR count). The third-order valence-electron chi connectivity index (χ3n) is 3.20. The van der Waals surface area contributed by atoms with Gasteiger partial charge in [-0.25, -0.2) is 4.39 Å². The first kappa shape index (κ1) is 17.7. The number of ether oxygens (including phenoxy) is 1. The second-order valence-electron chi connectivity index (χ2n) is 5.30. The van der Waals surface area contributed by atoms with Crippen LogP contribution in [0.5, 0.6) is 5.75 Å². The van der Waals surface area contributed by atoms with Gasteiger partial charge in [0.2, 0.25) is 5.91 Å². The van der Waals surface area contributed by atoms with Crippen LogP contribution >= 0.6 is 12.4 Å². The third kappa shape index (κ3) is 5.17. The molecular formula is C15H22ClFN2O2. The number of benzene rings is 1. The summed E-state index contributed by atoms with van der Waals surface area (Å²) < 4.78 is 19.3. The van der Waals surface area contributed by atoms with Gasteiger partial charge in [-0.05, 0) is 45.4 Å². The lowest BCUT2D eigenvalue weighted by Crippen LogP contribution is -2.43. The van der Waals surface area contributed by atoms with E-state index in [9.17, 15) is 9.18 Å². The Balaban J connectivity index is 0.00000220. The van der Waals surface area contributed by atoms with Crippen LogP contribution in [0.1, 0.15) is 33.1 Å². The standard InChI is InChI=1S/C15H21FN2O2.ClH/c1-10(2)20-11-6-7-13(12(16)9-11)18-15(19)14-5-3-4-8-17-14;/h6-7,9-10,14,17H,3-5,8H2,1-2H3,(H,18,19);1H. The van der Waals surface area contributed by atoms with E-state index in [1.807, 2.05) is 13.8 Å². The number of rotatable bonds is 4. The van der Waals surface area contributed by atoms with Crippen LogP contribution in [0.4, 0.5) is 10.1 Å². The molecule has 0 bridgehead atoms. The van der Waals surface area contributed by atoms with E-state index in [0.29, 0.717) is 5.75 Å². The number of anilines is 1. The van der Waals surface area contributed by atoms with E-state index < -0.39 is 5.82 Å². The fourth-order valence-electron chi connectivity index (χ4n) is 2.24. The summed E-state index contributed by atoms with van der Waals surface area (Å²) in [5.74, 6) is -0.195. The summed E-state index contributed by atoms with van der Waals surface area (Å²) in [6.07, 6.45) is 2.89. The molecule has 6 heteroatoms. The molecule has 1 fully saturated rings. The highest BCUT2D eigenvalue weighted by Crippen LogP contribution is 2.22. The highest BCUT2D eigenvalue weighted by atomic mass is 35.5. The van der Waals surface area contributed by atoms with E-state index in [0.717, 1.165) is 25.8 Å². The molecule has 2 N–H and O–H groups in total. The molecule has 1 aromatic carbocycles. The molecule has 1 aromatic rings. The molecule has 118 valence electrons. The Morgan fingerprint density at radius 1 is 1.43 bits per heavy atom. The van der Waals surface area contributed by atoms with Gasteiger partial charge >= 0.3 is 0 Å². The predicted molar refractivity (Wildman–Crippen MR) is 83.7 cm³/mol. The molecule has 0 saturated carbocycles. The Bertz CT molecular complexity index is 477. The van der Waals surface area contributed by atoms with E-state index in [2.05, 4.69) is 10.6 Å². The molecule has 0 spiro atoms. The molecule has 1 heterocycles. The van der Waals surface area contributed by atoms with Gasteiger partial charge in [0.15, 0.2) is 0 Å². The molecule has 0 radical (unpaired) electrons. The van der Waals surface area contributed by atoms with Crippen molar-refractivity contribution >= 4 is 24.0 Å². The van der Waals surface area contributed by atoms with E-state index in [1.165, 1.54) is 12.1 Å². The van der Waals surface area contributed by atoms with Crippen LogP contribution in [-0.4, -0.2) is 24.6 Å². The Labute approximate surface area is 130 Å². The average molecular weight is 317 g/mol. The number of halogens is 2. The average Bonchev–Trinajstić information content (AvgIpc) is 2.42. The van der Waals surface area contributed by atoms with Crippen molar-refractivity contribution in [2.45, 2.75) is 45.3 Å². The summed E-state index contributed by atoms with van der Waals surface area (Å²) in [4.78, 5) is 12.0. The van der Waals surface area contributed by atoms with E-state index >= 15 is 0 Å². The number of piperidine rings is 1. The van der Waals surface area contributed by atoms with Crippen molar-refractivity contribution in [1.29, 1.82) is 0 Å². The van der Waals surface area contributed by atoms with E-state index in [-0.39, 0.29) is 36.1 Å². The van der Waals surface area contributed by atoms with Crippen LogP contribution < -0.4 is 15.4 Å². The van der Waals surface area contributed by atoms with Crippen LogP contribution in [0.15, 0.2) is 18.2 Å². The summed E-state index contributed by atoms with van der Waals surface area (Å²) in [5, 5.41) is 5.77. The molecule has 0 aliphatic carbocycles. The van der Waals surface area contributed by atoms with Crippen LogP contribution in [0, 0.1) is 5.82 Å². The summed E-state index contributed by atoms with van der Waals surface area (Å²) in [6, 6.07) is 4.26. The molecule has 1 atom stereocenters. The van der Waals surface area contributed by atoms with Crippen molar-refractivity contribution in [3.63, 3.8) is 0 Å². The fourth-order valence-corrected chi connectivity index (χ4v) is 2.24. The monoisotopic (exact) mass is 316 g/mol. The number of carbonyl (C=O) groups is 1. The molecule has 0 aromatic heterocycles. The maximum Gasteiger partial charge on any atom is 0.241 e. The van der Waals surface area contributed by atoms with Gasteiger partial charge in [-0.15, -0.1) is 12.4 Å². The second-order valence-corrected chi connectivity index (χ2v) is 5.30. The quantitative estimate of drug-likeness (QED) is 0.897. The lowest BCUT2D eigenvalue weighted by molar-refractivity contribution is -0.118. The Morgan fingerprint density at radius 2 is 2.19 bits per heavy atom. The van der Waals surface area contributed by atoms with Gasteiger partial charge in [-0.3, -0.25) is 4.79 Å². The summed E-state index contributed by atoms with van der Waals surface area (Å²) in [7, 11) is 0. The number of carbonyl (C=O) groups excluding carboxylic acids is 1. The largest absolute Gasteiger partial charge is 0.491 e. The molecule has 1 aliphatic rings. The Kier molecular flexibility index (Phi) is 6.92. The first-order valence-electron chi connectivity index (χ1n) is 7.06. The van der Waals surface area contributed by atoms with Gasteiger partial charge in [0.25, 0.3) is 0 Å². The van der Waals surface area contributed by atoms with Crippen LogP contribution in [-0.2, 0) is 4.79 Å². The highest BCUT2D eigenvalue weighted by molar-refractivity contribution is 5.95. The van der Waals surface area contributed by atoms with Gasteiger partial charge in [-0.2, -0.15) is 0 Å². The summed E-state index contributed by atoms with van der Waals surface area (Å²) >= 11 is 0. The van der Waals surface area contributed by atoms with Crippen LogP contribution in [0.2, 0.25) is 0 Å². The van der Waals surface area contributed by atoms with Crippen LogP contribution in [0.3, 0.4) is 0 Å². The predicted octanol–water partition coefficient (Wildman–Crippen LogP) is 3.12. The van der Waals surface area contributed by atoms with E-state index in [4.69, 9.17) is 4.74 Å². The minimum Gasteiger partial charge on any atom is -0.491 e. The zero-order chi connectivity index (χ0) is 14.5. The maximum absolute atomic E-state index is 13.9. The number of nitrogens with one attached hydrogen (secondary N) is 2. The topological polar surface area (TPSA) is 50.4 Å². The summed E-state index contributed by atoms with van der Waals surface area (Å²) in [6.45, 7) is 4.59. The van der Waals surface area contributed by atoms with Gasteiger partial charge in [-0.1, -0.05) is 6.42 Å². The van der Waals surface area contributed by atoms with Gasteiger partial charge in [0, 0.05) is 6.07 Å². The highest BCUT2D eigenvalue weighted by Gasteiger charge is 2.21. The van der Waals surface area contributed by atoms with Crippen molar-refractivity contribution < 1.29 is 13.9 Å². The molecule has 1 amide bonds.